The van der Waals surface area contributed by atoms with Gasteiger partial charge in [-0.05, 0) is 18.3 Å². The van der Waals surface area contributed by atoms with Crippen LogP contribution >= 0.6 is 0 Å². The van der Waals surface area contributed by atoms with Gasteiger partial charge < -0.3 is 9.84 Å². The zero-order valence-electron chi connectivity index (χ0n) is 6.96. The Morgan fingerprint density at radius 3 is 2.82 bits per heavy atom. The van der Waals surface area contributed by atoms with Crippen LogP contribution in [-0.4, -0.2) is 24.8 Å². The third-order valence-corrected chi connectivity index (χ3v) is 2.53. The molecule has 0 radical (unpaired) electrons. The van der Waals surface area contributed by atoms with Crippen molar-refractivity contribution >= 4 is 5.97 Å². The standard InChI is InChI=1S/C8H14O3/c1-8(3-4-11-2)5-6(8)7(9)10/h6H,3-5H2,1-2H3,(H,9,10). The molecule has 1 fully saturated rings. The van der Waals surface area contributed by atoms with E-state index in [9.17, 15) is 4.79 Å². The average molecular weight is 158 g/mol. The number of aliphatic carboxylic acids is 1. The van der Waals surface area contributed by atoms with Crippen LogP contribution in [0.1, 0.15) is 19.8 Å². The fraction of sp³-hybridized carbons (Fsp3) is 0.875. The highest BCUT2D eigenvalue weighted by Gasteiger charge is 2.54. The molecule has 1 rings (SSSR count). The van der Waals surface area contributed by atoms with Gasteiger partial charge in [-0.3, -0.25) is 4.79 Å². The van der Waals surface area contributed by atoms with Gasteiger partial charge in [0, 0.05) is 13.7 Å². The smallest absolute Gasteiger partial charge is 0.307 e. The summed E-state index contributed by atoms with van der Waals surface area (Å²) in [6.07, 6.45) is 1.67. The summed E-state index contributed by atoms with van der Waals surface area (Å²) < 4.78 is 4.89. The Morgan fingerprint density at radius 1 is 1.82 bits per heavy atom. The van der Waals surface area contributed by atoms with Crippen molar-refractivity contribution in [3.63, 3.8) is 0 Å². The molecule has 11 heavy (non-hydrogen) atoms. The molecule has 1 aliphatic rings. The van der Waals surface area contributed by atoms with E-state index in [0.29, 0.717) is 6.61 Å². The van der Waals surface area contributed by atoms with Gasteiger partial charge in [-0.25, -0.2) is 0 Å². The predicted molar refractivity (Wildman–Crippen MR) is 40.3 cm³/mol. The molecule has 0 saturated heterocycles. The monoisotopic (exact) mass is 158 g/mol. The summed E-state index contributed by atoms with van der Waals surface area (Å²) in [5.74, 6) is -0.791. The Bertz CT molecular complexity index is 167. The number of carbonyl (C=O) groups is 1. The van der Waals surface area contributed by atoms with E-state index in [1.165, 1.54) is 0 Å². The SMILES string of the molecule is COCCC1(C)CC1C(=O)O. The van der Waals surface area contributed by atoms with Crippen LogP contribution in [0.5, 0.6) is 0 Å². The minimum absolute atomic E-state index is 0.0157. The Morgan fingerprint density at radius 2 is 2.45 bits per heavy atom. The molecule has 2 atom stereocenters. The summed E-state index contributed by atoms with van der Waals surface area (Å²) in [4.78, 5) is 10.5. The molecular formula is C8H14O3. The van der Waals surface area contributed by atoms with Gasteiger partial charge in [-0.2, -0.15) is 0 Å². The number of hydrogen-bond acceptors (Lipinski definition) is 2. The molecule has 3 heteroatoms. The molecule has 0 amide bonds. The molecule has 3 nitrogen and oxygen atoms in total. The van der Waals surface area contributed by atoms with Crippen molar-refractivity contribution in [2.75, 3.05) is 13.7 Å². The second-order valence-electron chi connectivity index (χ2n) is 3.49. The van der Waals surface area contributed by atoms with E-state index in [4.69, 9.17) is 9.84 Å². The van der Waals surface area contributed by atoms with Gasteiger partial charge in [0.15, 0.2) is 0 Å². The topological polar surface area (TPSA) is 46.5 Å². The van der Waals surface area contributed by atoms with Gasteiger partial charge >= 0.3 is 5.97 Å². The lowest BCUT2D eigenvalue weighted by molar-refractivity contribution is -0.139. The van der Waals surface area contributed by atoms with E-state index < -0.39 is 5.97 Å². The molecule has 0 aromatic carbocycles. The van der Waals surface area contributed by atoms with E-state index in [1.54, 1.807) is 7.11 Å². The van der Waals surface area contributed by atoms with E-state index in [2.05, 4.69) is 0 Å². The maximum absolute atomic E-state index is 10.5. The third-order valence-electron chi connectivity index (χ3n) is 2.53. The van der Waals surface area contributed by atoms with Crippen LogP contribution in [0.3, 0.4) is 0 Å². The first-order valence-electron chi connectivity index (χ1n) is 3.82. The molecule has 64 valence electrons. The maximum Gasteiger partial charge on any atom is 0.307 e. The Labute approximate surface area is 66.4 Å². The average Bonchev–Trinajstić information content (AvgIpc) is 2.60. The summed E-state index contributed by atoms with van der Waals surface area (Å²) in [7, 11) is 1.64. The first-order valence-corrected chi connectivity index (χ1v) is 3.82. The highest BCUT2D eigenvalue weighted by atomic mass is 16.5. The summed E-state index contributed by atoms with van der Waals surface area (Å²) in [5, 5.41) is 8.65. The first-order chi connectivity index (χ1) is 5.10. The molecule has 0 aromatic rings. The summed E-state index contributed by atoms with van der Waals surface area (Å²) >= 11 is 0. The number of carboxylic acids is 1. The number of hydrogen-bond donors (Lipinski definition) is 1. The second kappa shape index (κ2) is 2.81. The van der Waals surface area contributed by atoms with Crippen molar-refractivity contribution in [1.29, 1.82) is 0 Å². The Kier molecular flexibility index (Phi) is 2.18. The quantitative estimate of drug-likeness (QED) is 0.667. The highest BCUT2D eigenvalue weighted by Crippen LogP contribution is 2.54. The highest BCUT2D eigenvalue weighted by molar-refractivity contribution is 5.74. The van der Waals surface area contributed by atoms with Gasteiger partial charge in [-0.1, -0.05) is 6.92 Å². The van der Waals surface area contributed by atoms with Crippen molar-refractivity contribution in [3.8, 4) is 0 Å². The third kappa shape index (κ3) is 1.71. The van der Waals surface area contributed by atoms with Crippen molar-refractivity contribution in [2.24, 2.45) is 11.3 Å². The van der Waals surface area contributed by atoms with Gasteiger partial charge in [0.05, 0.1) is 5.92 Å². The number of rotatable bonds is 4. The minimum Gasteiger partial charge on any atom is -0.481 e. The van der Waals surface area contributed by atoms with E-state index in [-0.39, 0.29) is 11.3 Å². The van der Waals surface area contributed by atoms with Crippen molar-refractivity contribution in [3.05, 3.63) is 0 Å². The van der Waals surface area contributed by atoms with Crippen LogP contribution < -0.4 is 0 Å². The fourth-order valence-corrected chi connectivity index (χ4v) is 1.40. The maximum atomic E-state index is 10.5. The lowest BCUT2D eigenvalue weighted by Gasteiger charge is -2.07. The lowest BCUT2D eigenvalue weighted by atomic mass is 10.0. The van der Waals surface area contributed by atoms with Crippen molar-refractivity contribution in [2.45, 2.75) is 19.8 Å². The van der Waals surface area contributed by atoms with Crippen LogP contribution in [0.4, 0.5) is 0 Å². The Balaban J connectivity index is 2.30. The minimum atomic E-state index is -0.663. The van der Waals surface area contributed by atoms with Crippen LogP contribution in [0.2, 0.25) is 0 Å². The van der Waals surface area contributed by atoms with Gasteiger partial charge in [-0.15, -0.1) is 0 Å². The Hall–Kier alpha value is -0.570. The molecule has 0 spiro atoms. The number of methoxy groups -OCH3 is 1. The zero-order valence-corrected chi connectivity index (χ0v) is 6.96. The van der Waals surface area contributed by atoms with Crippen LogP contribution in [0.15, 0.2) is 0 Å². The van der Waals surface area contributed by atoms with Crippen LogP contribution in [0.25, 0.3) is 0 Å². The molecule has 2 unspecified atom stereocenters. The summed E-state index contributed by atoms with van der Waals surface area (Å²) in [5.41, 5.74) is 0.0157. The number of carboxylic acid groups (broad SMARTS) is 1. The van der Waals surface area contributed by atoms with Gasteiger partial charge in [0.25, 0.3) is 0 Å². The second-order valence-corrected chi connectivity index (χ2v) is 3.49. The normalized spacial score (nSPS) is 35.3. The first kappa shape index (κ1) is 8.53. The fourth-order valence-electron chi connectivity index (χ4n) is 1.40. The van der Waals surface area contributed by atoms with Gasteiger partial charge in [0.2, 0.25) is 0 Å². The van der Waals surface area contributed by atoms with E-state index in [1.807, 2.05) is 6.92 Å². The van der Waals surface area contributed by atoms with Crippen molar-refractivity contribution < 1.29 is 14.6 Å². The largest absolute Gasteiger partial charge is 0.481 e. The lowest BCUT2D eigenvalue weighted by Crippen LogP contribution is -2.09. The molecule has 0 heterocycles. The molecule has 1 aliphatic carbocycles. The molecule has 0 aliphatic heterocycles. The molecular weight excluding hydrogens is 144 g/mol. The number of ether oxygens (including phenoxy) is 1. The van der Waals surface area contributed by atoms with Crippen LogP contribution in [0, 0.1) is 11.3 Å². The molecule has 0 aromatic heterocycles. The molecule has 1 N–H and O–H groups in total. The van der Waals surface area contributed by atoms with Gasteiger partial charge in [0.1, 0.15) is 0 Å². The summed E-state index contributed by atoms with van der Waals surface area (Å²) in [6.45, 7) is 2.67. The molecule has 1 saturated carbocycles. The van der Waals surface area contributed by atoms with E-state index in [0.717, 1.165) is 12.8 Å². The van der Waals surface area contributed by atoms with Crippen molar-refractivity contribution in [1.82, 2.24) is 0 Å². The van der Waals surface area contributed by atoms with E-state index >= 15 is 0 Å². The predicted octanol–water partition coefficient (Wildman–Crippen LogP) is 1.13. The summed E-state index contributed by atoms with van der Waals surface area (Å²) in [6, 6.07) is 0. The zero-order chi connectivity index (χ0) is 8.48. The molecule has 0 bridgehead atoms. The van der Waals surface area contributed by atoms with Crippen LogP contribution in [-0.2, 0) is 9.53 Å².